The molecule has 21 heavy (non-hydrogen) atoms. The van der Waals surface area contributed by atoms with E-state index >= 15 is 0 Å². The highest BCUT2D eigenvalue weighted by molar-refractivity contribution is 7.90. The van der Waals surface area contributed by atoms with Crippen LogP contribution in [0.15, 0.2) is 24.3 Å². The maximum absolute atomic E-state index is 11.3. The standard InChI is InChI=1S/C15H20N2O2S2/c1-21(18,19)10-9-17-8-4-5-12(11-17)15-16-13-6-2-3-7-14(13)20-15/h2-3,6-7,12H,4-5,8-11H2,1H3/t12-/m0/s1. The summed E-state index contributed by atoms with van der Waals surface area (Å²) in [4.78, 5) is 7.02. The van der Waals surface area contributed by atoms with E-state index < -0.39 is 9.84 Å². The largest absolute Gasteiger partial charge is 0.302 e. The normalized spacial score (nSPS) is 20.9. The highest BCUT2D eigenvalue weighted by Gasteiger charge is 2.24. The number of thiazole rings is 1. The van der Waals surface area contributed by atoms with Gasteiger partial charge in [0.2, 0.25) is 0 Å². The Bertz CT molecular complexity index is 691. The summed E-state index contributed by atoms with van der Waals surface area (Å²) < 4.78 is 23.8. The number of aromatic nitrogens is 1. The number of likely N-dealkylation sites (tertiary alicyclic amines) is 1. The van der Waals surface area contributed by atoms with Crippen molar-refractivity contribution in [3.8, 4) is 0 Å². The quantitative estimate of drug-likeness (QED) is 0.867. The third-order valence-corrected chi connectivity index (χ3v) is 6.07. The Morgan fingerprint density at radius 1 is 1.38 bits per heavy atom. The smallest absolute Gasteiger partial charge is 0.148 e. The summed E-state index contributed by atoms with van der Waals surface area (Å²) in [7, 11) is -2.88. The van der Waals surface area contributed by atoms with Gasteiger partial charge in [-0.15, -0.1) is 11.3 Å². The zero-order valence-electron chi connectivity index (χ0n) is 12.2. The highest BCUT2D eigenvalue weighted by Crippen LogP contribution is 2.32. The summed E-state index contributed by atoms with van der Waals surface area (Å²) in [6, 6.07) is 8.23. The molecule has 6 heteroatoms. The summed E-state index contributed by atoms with van der Waals surface area (Å²) in [5, 5.41) is 1.19. The molecule has 1 aliphatic heterocycles. The second kappa shape index (κ2) is 6.02. The van der Waals surface area contributed by atoms with E-state index in [1.54, 1.807) is 11.3 Å². The van der Waals surface area contributed by atoms with Gasteiger partial charge < -0.3 is 4.90 Å². The Labute approximate surface area is 129 Å². The SMILES string of the molecule is CS(=O)(=O)CCN1CCC[C@H](c2nc3ccccc3s2)C1. The molecule has 1 aromatic carbocycles. The molecule has 1 saturated heterocycles. The van der Waals surface area contributed by atoms with E-state index in [1.807, 2.05) is 12.1 Å². The third-order valence-electron chi connectivity index (χ3n) is 3.94. The number of fused-ring (bicyclic) bond motifs is 1. The monoisotopic (exact) mass is 324 g/mol. The number of piperidine rings is 1. The minimum absolute atomic E-state index is 0.250. The van der Waals surface area contributed by atoms with Crippen LogP contribution < -0.4 is 0 Å². The minimum Gasteiger partial charge on any atom is -0.302 e. The van der Waals surface area contributed by atoms with Crippen LogP contribution in [-0.4, -0.2) is 49.9 Å². The lowest BCUT2D eigenvalue weighted by atomic mass is 9.99. The lowest BCUT2D eigenvalue weighted by molar-refractivity contribution is 0.218. The first-order chi connectivity index (χ1) is 10.0. The molecule has 0 amide bonds. The van der Waals surface area contributed by atoms with E-state index in [4.69, 9.17) is 4.98 Å². The van der Waals surface area contributed by atoms with Crippen LogP contribution in [0, 0.1) is 0 Å². The molecule has 0 N–H and O–H groups in total. The Hall–Kier alpha value is -0.980. The van der Waals surface area contributed by atoms with Gasteiger partial charge in [-0.1, -0.05) is 12.1 Å². The highest BCUT2D eigenvalue weighted by atomic mass is 32.2. The topological polar surface area (TPSA) is 50.3 Å². The van der Waals surface area contributed by atoms with Crippen molar-refractivity contribution in [1.82, 2.24) is 9.88 Å². The van der Waals surface area contributed by atoms with Gasteiger partial charge in [-0.25, -0.2) is 13.4 Å². The molecule has 1 aromatic heterocycles. The maximum Gasteiger partial charge on any atom is 0.148 e. The number of nitrogens with zero attached hydrogens (tertiary/aromatic N) is 2. The number of para-hydroxylation sites is 1. The third kappa shape index (κ3) is 3.81. The fourth-order valence-electron chi connectivity index (χ4n) is 2.82. The van der Waals surface area contributed by atoms with E-state index in [1.165, 1.54) is 16.0 Å². The maximum atomic E-state index is 11.3. The number of hydrogen-bond acceptors (Lipinski definition) is 5. The summed E-state index contributed by atoms with van der Waals surface area (Å²) >= 11 is 1.77. The predicted octanol–water partition coefficient (Wildman–Crippen LogP) is 2.52. The van der Waals surface area contributed by atoms with Crippen LogP contribution in [0.5, 0.6) is 0 Å². The van der Waals surface area contributed by atoms with Crippen molar-refractivity contribution in [2.24, 2.45) is 0 Å². The Balaban J connectivity index is 1.70. The molecule has 1 atom stereocenters. The summed E-state index contributed by atoms with van der Waals surface area (Å²) in [5.41, 5.74) is 1.07. The van der Waals surface area contributed by atoms with Gasteiger partial charge in [0.15, 0.2) is 0 Å². The van der Waals surface area contributed by atoms with Crippen molar-refractivity contribution in [1.29, 1.82) is 0 Å². The van der Waals surface area contributed by atoms with Crippen molar-refractivity contribution in [2.75, 3.05) is 31.6 Å². The predicted molar refractivity (Wildman–Crippen MR) is 87.7 cm³/mol. The molecule has 0 bridgehead atoms. The van der Waals surface area contributed by atoms with Crippen LogP contribution in [0.3, 0.4) is 0 Å². The van der Waals surface area contributed by atoms with Crippen LogP contribution in [-0.2, 0) is 9.84 Å². The van der Waals surface area contributed by atoms with Crippen LogP contribution in [0.2, 0.25) is 0 Å². The molecule has 1 fully saturated rings. The molecule has 0 unspecified atom stereocenters. The molecule has 3 rings (SSSR count). The van der Waals surface area contributed by atoms with Gasteiger partial charge in [0.05, 0.1) is 21.0 Å². The van der Waals surface area contributed by atoms with Crippen LogP contribution in [0.1, 0.15) is 23.8 Å². The van der Waals surface area contributed by atoms with Gasteiger partial charge in [0.25, 0.3) is 0 Å². The van der Waals surface area contributed by atoms with Crippen molar-refractivity contribution in [3.05, 3.63) is 29.3 Å². The Kier molecular flexibility index (Phi) is 4.28. The summed E-state index contributed by atoms with van der Waals surface area (Å²) in [6.45, 7) is 2.56. The van der Waals surface area contributed by atoms with Crippen molar-refractivity contribution < 1.29 is 8.42 Å². The Morgan fingerprint density at radius 3 is 2.95 bits per heavy atom. The van der Waals surface area contributed by atoms with Crippen LogP contribution in [0.25, 0.3) is 10.2 Å². The zero-order chi connectivity index (χ0) is 14.9. The lowest BCUT2D eigenvalue weighted by Crippen LogP contribution is -2.37. The summed E-state index contributed by atoms with van der Waals surface area (Å²) in [6.07, 6.45) is 3.57. The fourth-order valence-corrected chi connectivity index (χ4v) is 4.50. The Morgan fingerprint density at radius 2 is 2.19 bits per heavy atom. The van der Waals surface area contributed by atoms with E-state index in [0.29, 0.717) is 12.5 Å². The molecule has 114 valence electrons. The molecule has 0 saturated carbocycles. The first-order valence-corrected chi connectivity index (χ1v) is 10.1. The van der Waals surface area contributed by atoms with Crippen molar-refractivity contribution >= 4 is 31.4 Å². The number of benzene rings is 1. The van der Waals surface area contributed by atoms with Crippen LogP contribution >= 0.6 is 11.3 Å². The molecular formula is C15H20N2O2S2. The zero-order valence-corrected chi connectivity index (χ0v) is 13.8. The second-order valence-corrected chi connectivity index (χ2v) is 9.11. The van der Waals surface area contributed by atoms with Crippen molar-refractivity contribution in [2.45, 2.75) is 18.8 Å². The van der Waals surface area contributed by atoms with Crippen molar-refractivity contribution in [3.63, 3.8) is 0 Å². The van der Waals surface area contributed by atoms with E-state index in [2.05, 4.69) is 17.0 Å². The average Bonchev–Trinajstić information content (AvgIpc) is 2.89. The molecular weight excluding hydrogens is 304 g/mol. The molecule has 4 nitrogen and oxygen atoms in total. The van der Waals surface area contributed by atoms with E-state index in [-0.39, 0.29) is 5.75 Å². The fraction of sp³-hybridized carbons (Fsp3) is 0.533. The average molecular weight is 324 g/mol. The number of hydrogen-bond donors (Lipinski definition) is 0. The van der Waals surface area contributed by atoms with Gasteiger partial charge in [-0.3, -0.25) is 0 Å². The molecule has 1 aliphatic rings. The van der Waals surface area contributed by atoms with Gasteiger partial charge in [-0.05, 0) is 31.5 Å². The van der Waals surface area contributed by atoms with Gasteiger partial charge in [0, 0.05) is 25.3 Å². The van der Waals surface area contributed by atoms with Gasteiger partial charge in [-0.2, -0.15) is 0 Å². The number of sulfone groups is 1. The van der Waals surface area contributed by atoms with Gasteiger partial charge in [0.1, 0.15) is 9.84 Å². The first kappa shape index (κ1) is 14.9. The van der Waals surface area contributed by atoms with E-state index in [0.717, 1.165) is 31.4 Å². The minimum atomic E-state index is -2.88. The first-order valence-electron chi connectivity index (χ1n) is 7.27. The van der Waals surface area contributed by atoms with E-state index in [9.17, 15) is 8.42 Å². The molecule has 0 spiro atoms. The lowest BCUT2D eigenvalue weighted by Gasteiger charge is -2.31. The molecule has 0 radical (unpaired) electrons. The molecule has 2 aromatic rings. The second-order valence-electron chi connectivity index (χ2n) is 5.79. The molecule has 0 aliphatic carbocycles. The number of rotatable bonds is 4. The van der Waals surface area contributed by atoms with Gasteiger partial charge >= 0.3 is 0 Å². The van der Waals surface area contributed by atoms with Crippen LogP contribution in [0.4, 0.5) is 0 Å². The molecule has 2 heterocycles. The summed E-state index contributed by atoms with van der Waals surface area (Å²) in [5.74, 6) is 0.690.